The molecule has 0 bridgehead atoms. The van der Waals surface area contributed by atoms with Gasteiger partial charge in [0.25, 0.3) is 0 Å². The molecule has 0 unspecified atom stereocenters. The SMILES string of the molecule is CCc1noc([C@@H]2CNCC23CCCC3)n1. The number of hydrogen-bond acceptors (Lipinski definition) is 4. The molecule has 1 saturated carbocycles. The first kappa shape index (κ1) is 10.3. The summed E-state index contributed by atoms with van der Waals surface area (Å²) in [5.74, 6) is 2.15. The van der Waals surface area contributed by atoms with Gasteiger partial charge < -0.3 is 9.84 Å². The summed E-state index contributed by atoms with van der Waals surface area (Å²) in [6, 6.07) is 0. The predicted octanol–water partition coefficient (Wildman–Crippen LogP) is 1.88. The number of aryl methyl sites for hydroxylation is 1. The molecule has 4 nitrogen and oxygen atoms in total. The van der Waals surface area contributed by atoms with Crippen LogP contribution in [0.3, 0.4) is 0 Å². The summed E-state index contributed by atoms with van der Waals surface area (Å²) in [6.07, 6.45) is 6.19. The van der Waals surface area contributed by atoms with E-state index in [4.69, 9.17) is 4.52 Å². The molecule has 1 aromatic heterocycles. The second kappa shape index (κ2) is 3.84. The van der Waals surface area contributed by atoms with Crippen molar-refractivity contribution in [3.8, 4) is 0 Å². The minimum atomic E-state index is 0.414. The van der Waals surface area contributed by atoms with Crippen LogP contribution in [-0.4, -0.2) is 23.2 Å². The van der Waals surface area contributed by atoms with Gasteiger partial charge >= 0.3 is 0 Å². The molecule has 1 spiro atoms. The molecule has 1 saturated heterocycles. The van der Waals surface area contributed by atoms with Crippen molar-refractivity contribution >= 4 is 0 Å². The zero-order chi connectivity index (χ0) is 11.0. The highest BCUT2D eigenvalue weighted by Crippen LogP contribution is 2.50. The molecule has 0 radical (unpaired) electrons. The summed E-state index contributed by atoms with van der Waals surface area (Å²) >= 11 is 0. The molecule has 3 rings (SSSR count). The van der Waals surface area contributed by atoms with Gasteiger partial charge in [0.05, 0.1) is 5.92 Å². The van der Waals surface area contributed by atoms with Crippen LogP contribution in [0.1, 0.15) is 50.2 Å². The fourth-order valence-corrected chi connectivity index (χ4v) is 3.31. The number of rotatable bonds is 2. The van der Waals surface area contributed by atoms with Crippen molar-refractivity contribution in [3.05, 3.63) is 11.7 Å². The van der Waals surface area contributed by atoms with Gasteiger partial charge in [0.15, 0.2) is 5.82 Å². The van der Waals surface area contributed by atoms with Crippen LogP contribution in [-0.2, 0) is 6.42 Å². The van der Waals surface area contributed by atoms with E-state index in [0.29, 0.717) is 11.3 Å². The van der Waals surface area contributed by atoms with Crippen molar-refractivity contribution in [2.24, 2.45) is 5.41 Å². The van der Waals surface area contributed by atoms with Crippen molar-refractivity contribution in [3.63, 3.8) is 0 Å². The third kappa shape index (κ3) is 1.47. The summed E-state index contributed by atoms with van der Waals surface area (Å²) in [5, 5.41) is 7.52. The van der Waals surface area contributed by atoms with Gasteiger partial charge in [0, 0.05) is 19.5 Å². The lowest BCUT2D eigenvalue weighted by Gasteiger charge is -2.27. The minimum Gasteiger partial charge on any atom is -0.339 e. The Morgan fingerprint density at radius 2 is 2.25 bits per heavy atom. The van der Waals surface area contributed by atoms with Gasteiger partial charge in [-0.25, -0.2) is 0 Å². The third-order valence-electron chi connectivity index (χ3n) is 4.26. The van der Waals surface area contributed by atoms with E-state index in [0.717, 1.165) is 31.2 Å². The highest BCUT2D eigenvalue weighted by Gasteiger charge is 2.47. The summed E-state index contributed by atoms with van der Waals surface area (Å²) < 4.78 is 5.43. The molecule has 2 aliphatic rings. The van der Waals surface area contributed by atoms with E-state index in [9.17, 15) is 0 Å². The Kier molecular flexibility index (Phi) is 2.46. The summed E-state index contributed by atoms with van der Waals surface area (Å²) in [4.78, 5) is 4.51. The van der Waals surface area contributed by atoms with E-state index in [1.165, 1.54) is 25.7 Å². The summed E-state index contributed by atoms with van der Waals surface area (Å²) in [6.45, 7) is 4.19. The van der Waals surface area contributed by atoms with Gasteiger partial charge in [-0.15, -0.1) is 0 Å². The van der Waals surface area contributed by atoms with Gasteiger partial charge in [-0.3, -0.25) is 0 Å². The second-order valence-electron chi connectivity index (χ2n) is 5.16. The quantitative estimate of drug-likeness (QED) is 0.828. The highest BCUT2D eigenvalue weighted by atomic mass is 16.5. The van der Waals surface area contributed by atoms with Gasteiger partial charge in [0.2, 0.25) is 5.89 Å². The first-order chi connectivity index (χ1) is 7.84. The molecule has 2 heterocycles. The molecule has 1 aliphatic heterocycles. The Bertz CT molecular complexity index is 363. The Labute approximate surface area is 95.8 Å². The number of hydrogen-bond donors (Lipinski definition) is 1. The van der Waals surface area contributed by atoms with Crippen LogP contribution < -0.4 is 5.32 Å². The van der Waals surface area contributed by atoms with Crippen molar-refractivity contribution in [2.75, 3.05) is 13.1 Å². The van der Waals surface area contributed by atoms with Crippen LogP contribution in [0.4, 0.5) is 0 Å². The zero-order valence-corrected chi connectivity index (χ0v) is 9.83. The molecule has 88 valence electrons. The highest BCUT2D eigenvalue weighted by molar-refractivity contribution is 5.10. The molecule has 4 heteroatoms. The van der Waals surface area contributed by atoms with E-state index in [2.05, 4.69) is 22.4 Å². The first-order valence-electron chi connectivity index (χ1n) is 6.37. The molecule has 1 aromatic rings. The van der Waals surface area contributed by atoms with Crippen LogP contribution in [0, 0.1) is 5.41 Å². The maximum Gasteiger partial charge on any atom is 0.231 e. The summed E-state index contributed by atoms with van der Waals surface area (Å²) in [7, 11) is 0. The lowest BCUT2D eigenvalue weighted by atomic mass is 9.76. The van der Waals surface area contributed by atoms with E-state index >= 15 is 0 Å². The zero-order valence-electron chi connectivity index (χ0n) is 9.83. The number of nitrogens with one attached hydrogen (secondary N) is 1. The normalized spacial score (nSPS) is 27.9. The molecular weight excluding hydrogens is 202 g/mol. The van der Waals surface area contributed by atoms with E-state index in [1.807, 2.05) is 0 Å². The maximum atomic E-state index is 5.43. The Morgan fingerprint density at radius 3 is 2.94 bits per heavy atom. The fourth-order valence-electron chi connectivity index (χ4n) is 3.31. The molecule has 0 amide bonds. The monoisotopic (exact) mass is 221 g/mol. The van der Waals surface area contributed by atoms with Gasteiger partial charge in [-0.2, -0.15) is 4.98 Å². The summed E-state index contributed by atoms with van der Waals surface area (Å²) in [5.41, 5.74) is 0.414. The smallest absolute Gasteiger partial charge is 0.231 e. The predicted molar refractivity (Wildman–Crippen MR) is 60.2 cm³/mol. The number of nitrogens with zero attached hydrogens (tertiary/aromatic N) is 2. The molecular formula is C12H19N3O. The van der Waals surface area contributed by atoms with Crippen molar-refractivity contribution < 1.29 is 4.52 Å². The second-order valence-corrected chi connectivity index (χ2v) is 5.16. The van der Waals surface area contributed by atoms with E-state index in [-0.39, 0.29) is 0 Å². The minimum absolute atomic E-state index is 0.414. The molecule has 1 N–H and O–H groups in total. The van der Waals surface area contributed by atoms with Crippen molar-refractivity contribution in [2.45, 2.75) is 44.9 Å². The molecule has 2 fully saturated rings. The van der Waals surface area contributed by atoms with Crippen LogP contribution in [0.5, 0.6) is 0 Å². The van der Waals surface area contributed by atoms with Gasteiger partial charge in [-0.05, 0) is 18.3 Å². The molecule has 1 aliphatic carbocycles. The lowest BCUT2D eigenvalue weighted by Crippen LogP contribution is -2.25. The van der Waals surface area contributed by atoms with E-state index in [1.54, 1.807) is 0 Å². The van der Waals surface area contributed by atoms with Crippen molar-refractivity contribution in [1.29, 1.82) is 0 Å². The van der Waals surface area contributed by atoms with Crippen LogP contribution in [0.2, 0.25) is 0 Å². The third-order valence-corrected chi connectivity index (χ3v) is 4.26. The van der Waals surface area contributed by atoms with Crippen LogP contribution in [0.25, 0.3) is 0 Å². The standard InChI is InChI=1S/C12H19N3O/c1-2-10-14-11(16-15-10)9-7-13-8-12(9)5-3-4-6-12/h9,13H,2-8H2,1H3/t9-/m0/s1. The van der Waals surface area contributed by atoms with Gasteiger partial charge in [0.1, 0.15) is 0 Å². The Hall–Kier alpha value is -0.900. The molecule has 16 heavy (non-hydrogen) atoms. The average molecular weight is 221 g/mol. The number of aromatic nitrogens is 2. The Balaban J connectivity index is 1.87. The van der Waals surface area contributed by atoms with Gasteiger partial charge in [-0.1, -0.05) is 24.9 Å². The molecule has 1 atom stereocenters. The van der Waals surface area contributed by atoms with Crippen molar-refractivity contribution in [1.82, 2.24) is 15.5 Å². The maximum absolute atomic E-state index is 5.43. The Morgan fingerprint density at radius 1 is 1.44 bits per heavy atom. The lowest BCUT2D eigenvalue weighted by molar-refractivity contribution is 0.241. The topological polar surface area (TPSA) is 51.0 Å². The van der Waals surface area contributed by atoms with E-state index < -0.39 is 0 Å². The largest absolute Gasteiger partial charge is 0.339 e. The average Bonchev–Trinajstić information content (AvgIpc) is 3.01. The van der Waals surface area contributed by atoms with Crippen LogP contribution >= 0.6 is 0 Å². The first-order valence-corrected chi connectivity index (χ1v) is 6.37. The van der Waals surface area contributed by atoms with Crippen LogP contribution in [0.15, 0.2) is 4.52 Å². The molecule has 0 aromatic carbocycles. The fraction of sp³-hybridized carbons (Fsp3) is 0.833.